The van der Waals surface area contributed by atoms with Gasteiger partial charge in [-0.1, -0.05) is 37.3 Å². The van der Waals surface area contributed by atoms with Crippen LogP contribution < -0.4 is 0 Å². The summed E-state index contributed by atoms with van der Waals surface area (Å²) in [7, 11) is 0. The van der Waals surface area contributed by atoms with Crippen molar-refractivity contribution in [2.24, 2.45) is 5.92 Å². The summed E-state index contributed by atoms with van der Waals surface area (Å²) in [4.78, 5) is 11.3. The second-order valence-corrected chi connectivity index (χ2v) is 4.34. The van der Waals surface area contributed by atoms with Crippen LogP contribution in [0.25, 0.3) is 5.57 Å². The average Bonchev–Trinajstić information content (AvgIpc) is 2.26. The number of carbonyl (C=O) groups excluding carboxylic acids is 1. The summed E-state index contributed by atoms with van der Waals surface area (Å²) < 4.78 is 0. The van der Waals surface area contributed by atoms with Crippen molar-refractivity contribution >= 4 is 11.4 Å². The van der Waals surface area contributed by atoms with Gasteiger partial charge in [0, 0.05) is 5.92 Å². The lowest BCUT2D eigenvalue weighted by molar-refractivity contribution is -0.120. The van der Waals surface area contributed by atoms with Crippen molar-refractivity contribution in [3.63, 3.8) is 0 Å². The average molecular weight is 216 g/mol. The number of hydrogen-bond donors (Lipinski definition) is 0. The van der Waals surface area contributed by atoms with E-state index in [9.17, 15) is 4.79 Å². The molecule has 1 rings (SSSR count). The van der Waals surface area contributed by atoms with Gasteiger partial charge in [0.15, 0.2) is 0 Å². The SMILES string of the molecule is C/C=C(/CC(C)C(C)=O)c1ccccc1C. The zero-order chi connectivity index (χ0) is 12.1. The summed E-state index contributed by atoms with van der Waals surface area (Å²) in [5, 5.41) is 0. The highest BCUT2D eigenvalue weighted by Gasteiger charge is 2.12. The summed E-state index contributed by atoms with van der Waals surface area (Å²) in [5.41, 5.74) is 3.80. The van der Waals surface area contributed by atoms with Gasteiger partial charge in [-0.2, -0.15) is 0 Å². The fourth-order valence-corrected chi connectivity index (χ4v) is 1.79. The second-order valence-electron chi connectivity index (χ2n) is 4.34. The molecule has 1 aromatic rings. The third kappa shape index (κ3) is 3.06. The molecule has 1 nitrogen and oxygen atoms in total. The Bertz CT molecular complexity index is 402. The van der Waals surface area contributed by atoms with Crippen molar-refractivity contribution in [2.75, 3.05) is 0 Å². The molecule has 1 aromatic carbocycles. The molecule has 1 heteroatoms. The topological polar surface area (TPSA) is 17.1 Å². The molecule has 0 aliphatic heterocycles. The highest BCUT2D eigenvalue weighted by Crippen LogP contribution is 2.25. The van der Waals surface area contributed by atoms with Crippen molar-refractivity contribution in [2.45, 2.75) is 34.1 Å². The molecular formula is C15H20O. The van der Waals surface area contributed by atoms with Gasteiger partial charge in [-0.3, -0.25) is 4.79 Å². The molecule has 1 unspecified atom stereocenters. The van der Waals surface area contributed by atoms with E-state index in [4.69, 9.17) is 0 Å². The van der Waals surface area contributed by atoms with E-state index in [1.807, 2.05) is 26.0 Å². The van der Waals surface area contributed by atoms with E-state index in [2.05, 4.69) is 25.1 Å². The van der Waals surface area contributed by atoms with Gasteiger partial charge in [0.2, 0.25) is 0 Å². The van der Waals surface area contributed by atoms with Gasteiger partial charge in [-0.15, -0.1) is 0 Å². The number of allylic oxidation sites excluding steroid dienone is 2. The van der Waals surface area contributed by atoms with Crippen LogP contribution in [0.15, 0.2) is 30.3 Å². The fraction of sp³-hybridized carbons (Fsp3) is 0.400. The molecule has 0 saturated carbocycles. The maximum absolute atomic E-state index is 11.3. The van der Waals surface area contributed by atoms with E-state index in [1.54, 1.807) is 6.92 Å². The standard InChI is InChI=1S/C15H20O/c1-5-14(10-12(3)13(4)16)15-9-7-6-8-11(15)2/h5-9,12H,10H2,1-4H3/b14-5-. The minimum Gasteiger partial charge on any atom is -0.300 e. The van der Waals surface area contributed by atoms with Gasteiger partial charge in [0.05, 0.1) is 0 Å². The Hall–Kier alpha value is -1.37. The van der Waals surface area contributed by atoms with Crippen molar-refractivity contribution < 1.29 is 4.79 Å². The predicted octanol–water partition coefficient (Wildman–Crippen LogP) is 4.01. The van der Waals surface area contributed by atoms with Gasteiger partial charge < -0.3 is 0 Å². The van der Waals surface area contributed by atoms with Crippen LogP contribution in [-0.4, -0.2) is 5.78 Å². The Morgan fingerprint density at radius 2 is 2.00 bits per heavy atom. The molecule has 1 atom stereocenters. The van der Waals surface area contributed by atoms with Crippen LogP contribution >= 0.6 is 0 Å². The van der Waals surface area contributed by atoms with Crippen LogP contribution in [0.4, 0.5) is 0 Å². The Morgan fingerprint density at radius 3 is 2.50 bits per heavy atom. The second kappa shape index (κ2) is 5.64. The number of rotatable bonds is 4. The highest BCUT2D eigenvalue weighted by molar-refractivity contribution is 5.81. The number of hydrogen-bond acceptors (Lipinski definition) is 1. The minimum atomic E-state index is 0.103. The van der Waals surface area contributed by atoms with Crippen LogP contribution in [0.1, 0.15) is 38.3 Å². The van der Waals surface area contributed by atoms with Crippen LogP contribution in [0.3, 0.4) is 0 Å². The van der Waals surface area contributed by atoms with Crippen molar-refractivity contribution in [3.8, 4) is 0 Å². The highest BCUT2D eigenvalue weighted by atomic mass is 16.1. The molecule has 0 N–H and O–H groups in total. The molecule has 16 heavy (non-hydrogen) atoms. The number of benzene rings is 1. The van der Waals surface area contributed by atoms with E-state index in [-0.39, 0.29) is 11.7 Å². The van der Waals surface area contributed by atoms with Gasteiger partial charge in [0.25, 0.3) is 0 Å². The van der Waals surface area contributed by atoms with Gasteiger partial charge in [-0.25, -0.2) is 0 Å². The van der Waals surface area contributed by atoms with E-state index in [0.29, 0.717) is 0 Å². The summed E-state index contributed by atoms with van der Waals surface area (Å²) in [6, 6.07) is 8.32. The first-order valence-electron chi connectivity index (χ1n) is 5.78. The Labute approximate surface area is 98.2 Å². The number of carbonyl (C=O) groups is 1. The number of aryl methyl sites for hydroxylation is 1. The van der Waals surface area contributed by atoms with E-state index >= 15 is 0 Å². The Kier molecular flexibility index (Phi) is 4.48. The maximum atomic E-state index is 11.3. The largest absolute Gasteiger partial charge is 0.300 e. The summed E-state index contributed by atoms with van der Waals surface area (Å²) in [6.07, 6.45) is 2.94. The number of Topliss-reactive ketones (excluding diaryl/α,β-unsaturated/α-hetero) is 1. The third-order valence-corrected chi connectivity index (χ3v) is 3.06. The molecule has 0 heterocycles. The molecular weight excluding hydrogens is 196 g/mol. The molecule has 0 fully saturated rings. The zero-order valence-corrected chi connectivity index (χ0v) is 10.6. The summed E-state index contributed by atoms with van der Waals surface area (Å²) >= 11 is 0. The van der Waals surface area contributed by atoms with Crippen LogP contribution in [0.5, 0.6) is 0 Å². The first kappa shape index (κ1) is 12.7. The zero-order valence-electron chi connectivity index (χ0n) is 10.6. The molecule has 0 aliphatic rings. The smallest absolute Gasteiger partial charge is 0.132 e. The minimum absolute atomic E-state index is 0.103. The molecule has 0 aromatic heterocycles. The van der Waals surface area contributed by atoms with Crippen molar-refractivity contribution in [1.29, 1.82) is 0 Å². The van der Waals surface area contributed by atoms with Gasteiger partial charge in [-0.05, 0) is 43.9 Å². The summed E-state index contributed by atoms with van der Waals surface area (Å²) in [5.74, 6) is 0.360. The Balaban J connectivity index is 2.93. The fourth-order valence-electron chi connectivity index (χ4n) is 1.79. The molecule has 0 spiro atoms. The van der Waals surface area contributed by atoms with Gasteiger partial charge >= 0.3 is 0 Å². The van der Waals surface area contributed by atoms with E-state index in [0.717, 1.165) is 6.42 Å². The van der Waals surface area contributed by atoms with E-state index in [1.165, 1.54) is 16.7 Å². The Morgan fingerprint density at radius 1 is 1.38 bits per heavy atom. The lowest BCUT2D eigenvalue weighted by Gasteiger charge is -2.13. The van der Waals surface area contributed by atoms with Crippen LogP contribution in [0, 0.1) is 12.8 Å². The summed E-state index contributed by atoms with van der Waals surface area (Å²) in [6.45, 7) is 7.80. The third-order valence-electron chi connectivity index (χ3n) is 3.06. The lowest BCUT2D eigenvalue weighted by Crippen LogP contribution is -2.07. The first-order valence-corrected chi connectivity index (χ1v) is 5.78. The number of ketones is 1. The van der Waals surface area contributed by atoms with Gasteiger partial charge in [0.1, 0.15) is 5.78 Å². The van der Waals surface area contributed by atoms with Crippen LogP contribution in [-0.2, 0) is 4.79 Å². The molecule has 0 saturated heterocycles. The normalized spacial score (nSPS) is 13.6. The molecule has 0 aliphatic carbocycles. The van der Waals surface area contributed by atoms with Crippen molar-refractivity contribution in [1.82, 2.24) is 0 Å². The lowest BCUT2D eigenvalue weighted by atomic mass is 9.91. The monoisotopic (exact) mass is 216 g/mol. The first-order chi connectivity index (χ1) is 7.56. The van der Waals surface area contributed by atoms with Crippen molar-refractivity contribution in [3.05, 3.63) is 41.5 Å². The quantitative estimate of drug-likeness (QED) is 0.743. The maximum Gasteiger partial charge on any atom is 0.132 e. The molecule has 0 bridgehead atoms. The molecule has 86 valence electrons. The molecule has 0 amide bonds. The molecule has 0 radical (unpaired) electrons. The predicted molar refractivity (Wildman–Crippen MR) is 69.3 cm³/mol. The van der Waals surface area contributed by atoms with E-state index < -0.39 is 0 Å². The van der Waals surface area contributed by atoms with Crippen LogP contribution in [0.2, 0.25) is 0 Å².